The quantitative estimate of drug-likeness (QED) is 0.380. The second-order valence-electron chi connectivity index (χ2n) is 10.5. The van der Waals surface area contributed by atoms with Crippen LogP contribution in [-0.4, -0.2) is 78.5 Å². The van der Waals surface area contributed by atoms with Crippen molar-refractivity contribution in [2.75, 3.05) is 58.9 Å². The van der Waals surface area contributed by atoms with Gasteiger partial charge in [-0.15, -0.1) is 0 Å². The van der Waals surface area contributed by atoms with Gasteiger partial charge in [0.1, 0.15) is 0 Å². The first kappa shape index (κ1) is 27.5. The molecule has 1 saturated heterocycles. The Kier molecular flexibility index (Phi) is 11.7. The molecular formula is C33H46N4. The summed E-state index contributed by atoms with van der Waals surface area (Å²) in [4.78, 5) is 10.7. The van der Waals surface area contributed by atoms with Crippen molar-refractivity contribution < 1.29 is 0 Å². The largest absolute Gasteiger partial charge is 0.301 e. The summed E-state index contributed by atoms with van der Waals surface area (Å²) in [6, 6.07) is 33.0. The molecule has 37 heavy (non-hydrogen) atoms. The molecule has 0 spiro atoms. The summed E-state index contributed by atoms with van der Waals surface area (Å²) in [5.74, 6) is 0. The van der Waals surface area contributed by atoms with Gasteiger partial charge in [0, 0.05) is 72.0 Å². The topological polar surface area (TPSA) is 13.0 Å². The van der Waals surface area contributed by atoms with Crippen LogP contribution in [0.15, 0.2) is 91.0 Å². The Labute approximate surface area is 225 Å². The van der Waals surface area contributed by atoms with Crippen LogP contribution in [0.1, 0.15) is 36.5 Å². The maximum atomic E-state index is 2.71. The third-order valence-electron chi connectivity index (χ3n) is 7.50. The van der Waals surface area contributed by atoms with Crippen molar-refractivity contribution in [3.63, 3.8) is 0 Å². The van der Waals surface area contributed by atoms with Gasteiger partial charge in [0.2, 0.25) is 0 Å². The minimum atomic E-state index is 1.02. The summed E-state index contributed by atoms with van der Waals surface area (Å²) >= 11 is 0. The van der Waals surface area contributed by atoms with E-state index in [0.717, 1.165) is 72.0 Å². The highest BCUT2D eigenvalue weighted by Gasteiger charge is 2.17. The lowest BCUT2D eigenvalue weighted by atomic mass is 10.2. The first-order chi connectivity index (χ1) is 18.3. The van der Waals surface area contributed by atoms with E-state index in [4.69, 9.17) is 0 Å². The zero-order chi connectivity index (χ0) is 25.5. The first-order valence-electron chi connectivity index (χ1n) is 14.3. The van der Waals surface area contributed by atoms with Crippen molar-refractivity contribution in [3.8, 4) is 0 Å². The Bertz CT molecular complexity index is 921. The number of nitrogens with zero attached hydrogens (tertiary/aromatic N) is 4. The second-order valence-corrected chi connectivity index (χ2v) is 10.5. The van der Waals surface area contributed by atoms with Gasteiger partial charge in [0.15, 0.2) is 0 Å². The van der Waals surface area contributed by atoms with E-state index in [1.165, 1.54) is 36.1 Å². The molecule has 1 aliphatic rings. The third kappa shape index (κ3) is 10.1. The van der Waals surface area contributed by atoms with Crippen LogP contribution < -0.4 is 0 Å². The molecule has 0 saturated carbocycles. The molecule has 0 aliphatic carbocycles. The van der Waals surface area contributed by atoms with Crippen LogP contribution in [0.4, 0.5) is 0 Å². The van der Waals surface area contributed by atoms with Crippen LogP contribution >= 0.6 is 0 Å². The minimum absolute atomic E-state index is 1.02. The predicted octanol–water partition coefficient (Wildman–Crippen LogP) is 5.61. The zero-order valence-corrected chi connectivity index (χ0v) is 22.8. The second kappa shape index (κ2) is 15.7. The molecular weight excluding hydrogens is 452 g/mol. The van der Waals surface area contributed by atoms with E-state index in [-0.39, 0.29) is 0 Å². The highest BCUT2D eigenvalue weighted by Crippen LogP contribution is 2.11. The monoisotopic (exact) mass is 498 g/mol. The molecule has 3 aromatic rings. The van der Waals surface area contributed by atoms with Crippen LogP contribution in [0.5, 0.6) is 0 Å². The maximum Gasteiger partial charge on any atom is 0.0234 e. The van der Waals surface area contributed by atoms with Gasteiger partial charge in [-0.2, -0.15) is 0 Å². The molecule has 3 aromatic carbocycles. The van der Waals surface area contributed by atoms with Crippen molar-refractivity contribution in [2.45, 2.75) is 39.4 Å². The maximum absolute atomic E-state index is 2.71. The lowest BCUT2D eigenvalue weighted by Gasteiger charge is -2.34. The summed E-state index contributed by atoms with van der Waals surface area (Å²) in [6.07, 6.45) is 2.54. The first-order valence-corrected chi connectivity index (χ1v) is 14.3. The van der Waals surface area contributed by atoms with E-state index in [2.05, 4.69) is 118 Å². The molecule has 0 amide bonds. The molecule has 198 valence electrons. The fourth-order valence-corrected chi connectivity index (χ4v) is 5.18. The van der Waals surface area contributed by atoms with Gasteiger partial charge < -0.3 is 4.90 Å². The smallest absolute Gasteiger partial charge is 0.0234 e. The summed E-state index contributed by atoms with van der Waals surface area (Å²) in [6.45, 7) is 15.5. The molecule has 0 radical (unpaired) electrons. The van der Waals surface area contributed by atoms with E-state index in [0.29, 0.717) is 0 Å². The molecule has 0 bridgehead atoms. The van der Waals surface area contributed by atoms with Crippen LogP contribution in [0.2, 0.25) is 0 Å². The Morgan fingerprint density at radius 3 is 1.03 bits per heavy atom. The van der Waals surface area contributed by atoms with Crippen molar-refractivity contribution in [3.05, 3.63) is 108 Å². The molecule has 0 atom stereocenters. The number of unbranched alkanes of at least 4 members (excludes halogenated alkanes) is 1. The van der Waals surface area contributed by atoms with Crippen LogP contribution in [0, 0.1) is 0 Å². The Morgan fingerprint density at radius 1 is 0.432 bits per heavy atom. The number of rotatable bonds is 9. The van der Waals surface area contributed by atoms with Crippen molar-refractivity contribution in [2.24, 2.45) is 0 Å². The average Bonchev–Trinajstić information content (AvgIpc) is 2.94. The Morgan fingerprint density at radius 2 is 0.730 bits per heavy atom. The standard InChI is InChI=1S/C33H46N4/c1-2-3-19-34-20-22-35(28-31-13-7-4-8-14-31)24-26-37(30-33-17-11-6-12-18-33)27-25-36(23-21-34)29-32-15-9-5-10-16-32/h4-18H,2-3,19-30H2,1H3. The van der Waals surface area contributed by atoms with Gasteiger partial charge in [-0.05, 0) is 29.7 Å². The van der Waals surface area contributed by atoms with E-state index in [1.54, 1.807) is 0 Å². The fraction of sp³-hybridized carbons (Fsp3) is 0.455. The number of benzene rings is 3. The Hall–Kier alpha value is -2.50. The van der Waals surface area contributed by atoms with E-state index in [9.17, 15) is 0 Å². The van der Waals surface area contributed by atoms with Gasteiger partial charge >= 0.3 is 0 Å². The normalized spacial score (nSPS) is 17.8. The number of hydrogen-bond donors (Lipinski definition) is 0. The lowest BCUT2D eigenvalue weighted by Crippen LogP contribution is -2.45. The molecule has 0 aromatic heterocycles. The summed E-state index contributed by atoms with van der Waals surface area (Å²) in [7, 11) is 0. The highest BCUT2D eigenvalue weighted by molar-refractivity contribution is 5.16. The van der Waals surface area contributed by atoms with Gasteiger partial charge in [0.25, 0.3) is 0 Å². The van der Waals surface area contributed by atoms with E-state index < -0.39 is 0 Å². The zero-order valence-electron chi connectivity index (χ0n) is 22.8. The van der Waals surface area contributed by atoms with Gasteiger partial charge in [-0.3, -0.25) is 14.7 Å². The number of hydrogen-bond acceptors (Lipinski definition) is 4. The summed E-state index contributed by atoms with van der Waals surface area (Å²) in [5.41, 5.74) is 4.24. The SMILES string of the molecule is CCCCN1CCN(Cc2ccccc2)CCN(Cc2ccccc2)CCN(Cc2ccccc2)CC1. The molecule has 0 unspecified atom stereocenters. The minimum Gasteiger partial charge on any atom is -0.301 e. The van der Waals surface area contributed by atoms with E-state index >= 15 is 0 Å². The summed E-state index contributed by atoms with van der Waals surface area (Å²) in [5, 5.41) is 0. The van der Waals surface area contributed by atoms with Crippen LogP contribution in [0.25, 0.3) is 0 Å². The predicted molar refractivity (Wildman–Crippen MR) is 157 cm³/mol. The molecule has 1 fully saturated rings. The Balaban J connectivity index is 1.48. The van der Waals surface area contributed by atoms with Gasteiger partial charge in [-0.25, -0.2) is 0 Å². The van der Waals surface area contributed by atoms with Crippen molar-refractivity contribution >= 4 is 0 Å². The van der Waals surface area contributed by atoms with Crippen LogP contribution in [0.3, 0.4) is 0 Å². The summed E-state index contributed by atoms with van der Waals surface area (Å²) < 4.78 is 0. The molecule has 4 rings (SSSR count). The molecule has 1 aliphatic heterocycles. The molecule has 0 N–H and O–H groups in total. The highest BCUT2D eigenvalue weighted by atomic mass is 15.3. The lowest BCUT2D eigenvalue weighted by molar-refractivity contribution is 0.124. The van der Waals surface area contributed by atoms with Crippen LogP contribution in [-0.2, 0) is 19.6 Å². The van der Waals surface area contributed by atoms with E-state index in [1.807, 2.05) is 0 Å². The average molecular weight is 499 g/mol. The third-order valence-corrected chi connectivity index (χ3v) is 7.50. The van der Waals surface area contributed by atoms with Gasteiger partial charge in [-0.1, -0.05) is 104 Å². The van der Waals surface area contributed by atoms with Gasteiger partial charge in [0.05, 0.1) is 0 Å². The van der Waals surface area contributed by atoms with Crippen molar-refractivity contribution in [1.29, 1.82) is 0 Å². The van der Waals surface area contributed by atoms with Crippen molar-refractivity contribution in [1.82, 2.24) is 19.6 Å². The molecule has 1 heterocycles. The molecule has 4 heteroatoms. The molecule has 4 nitrogen and oxygen atoms in total. The fourth-order valence-electron chi connectivity index (χ4n) is 5.18.